The molecule has 1 aromatic carbocycles. The van der Waals surface area contributed by atoms with Crippen molar-refractivity contribution in [2.45, 2.75) is 38.6 Å². The standard InChI is InChI=1S/C18H30N2S/c1-2-21-13-10-18(15-19)20-11-8-17(9-12-20)14-16-6-4-3-5-7-16/h3-7,17-18H,2,8-15,19H2,1H3. The summed E-state index contributed by atoms with van der Waals surface area (Å²) < 4.78 is 0. The van der Waals surface area contributed by atoms with Crippen molar-refractivity contribution in [3.05, 3.63) is 35.9 Å². The Bertz CT molecular complexity index is 374. The van der Waals surface area contributed by atoms with Crippen molar-refractivity contribution in [2.24, 2.45) is 11.7 Å². The summed E-state index contributed by atoms with van der Waals surface area (Å²) in [5, 5.41) is 0. The van der Waals surface area contributed by atoms with Gasteiger partial charge in [0.25, 0.3) is 0 Å². The first-order chi connectivity index (χ1) is 10.3. The van der Waals surface area contributed by atoms with Crippen LogP contribution in [-0.4, -0.2) is 42.1 Å². The van der Waals surface area contributed by atoms with E-state index in [9.17, 15) is 0 Å². The normalized spacial score (nSPS) is 18.8. The van der Waals surface area contributed by atoms with Gasteiger partial charge in [0.1, 0.15) is 0 Å². The molecule has 0 saturated carbocycles. The molecule has 1 unspecified atom stereocenters. The van der Waals surface area contributed by atoms with Gasteiger partial charge in [0.05, 0.1) is 0 Å². The molecule has 0 spiro atoms. The number of piperidine rings is 1. The van der Waals surface area contributed by atoms with Crippen LogP contribution in [-0.2, 0) is 6.42 Å². The molecule has 0 amide bonds. The Morgan fingerprint density at radius 3 is 2.57 bits per heavy atom. The van der Waals surface area contributed by atoms with Gasteiger partial charge in [-0.2, -0.15) is 11.8 Å². The fourth-order valence-corrected chi connectivity index (χ4v) is 4.01. The molecule has 3 heteroatoms. The summed E-state index contributed by atoms with van der Waals surface area (Å²) in [7, 11) is 0. The molecule has 1 aliphatic rings. The van der Waals surface area contributed by atoms with Crippen molar-refractivity contribution in [3.63, 3.8) is 0 Å². The Morgan fingerprint density at radius 2 is 1.95 bits per heavy atom. The molecule has 2 nitrogen and oxygen atoms in total. The maximum Gasteiger partial charge on any atom is 0.0226 e. The molecule has 0 aromatic heterocycles. The fourth-order valence-electron chi connectivity index (χ4n) is 3.28. The highest BCUT2D eigenvalue weighted by atomic mass is 32.2. The number of hydrogen-bond donors (Lipinski definition) is 1. The van der Waals surface area contributed by atoms with Gasteiger partial charge in [0.2, 0.25) is 0 Å². The van der Waals surface area contributed by atoms with Crippen molar-refractivity contribution < 1.29 is 0 Å². The smallest absolute Gasteiger partial charge is 0.0226 e. The summed E-state index contributed by atoms with van der Waals surface area (Å²) in [5.41, 5.74) is 7.48. The number of thioether (sulfide) groups is 1. The van der Waals surface area contributed by atoms with E-state index in [0.717, 1.165) is 12.5 Å². The Kier molecular flexibility index (Phi) is 7.62. The zero-order valence-corrected chi connectivity index (χ0v) is 14.2. The van der Waals surface area contributed by atoms with E-state index < -0.39 is 0 Å². The van der Waals surface area contributed by atoms with Gasteiger partial charge in [-0.15, -0.1) is 0 Å². The molecule has 1 aliphatic heterocycles. The van der Waals surface area contributed by atoms with E-state index in [1.807, 2.05) is 11.8 Å². The van der Waals surface area contributed by atoms with Gasteiger partial charge in [-0.1, -0.05) is 37.3 Å². The van der Waals surface area contributed by atoms with Crippen molar-refractivity contribution in [3.8, 4) is 0 Å². The van der Waals surface area contributed by atoms with Crippen LogP contribution in [0.25, 0.3) is 0 Å². The average Bonchev–Trinajstić information content (AvgIpc) is 2.54. The third kappa shape index (κ3) is 5.65. The third-order valence-corrected chi connectivity index (χ3v) is 5.54. The maximum atomic E-state index is 5.99. The molecule has 1 saturated heterocycles. The molecule has 1 fully saturated rings. The number of nitrogens with two attached hydrogens (primary N) is 1. The molecule has 1 atom stereocenters. The highest BCUT2D eigenvalue weighted by molar-refractivity contribution is 7.99. The lowest BCUT2D eigenvalue weighted by atomic mass is 9.89. The molecule has 2 rings (SSSR count). The molecular weight excluding hydrogens is 276 g/mol. The first-order valence-corrected chi connectivity index (χ1v) is 9.54. The van der Waals surface area contributed by atoms with Crippen molar-refractivity contribution >= 4 is 11.8 Å². The quantitative estimate of drug-likeness (QED) is 0.746. The Morgan fingerprint density at radius 1 is 1.24 bits per heavy atom. The van der Waals surface area contributed by atoms with Crippen molar-refractivity contribution in [1.82, 2.24) is 4.90 Å². The topological polar surface area (TPSA) is 29.3 Å². The molecule has 2 N–H and O–H groups in total. The Hall–Kier alpha value is -0.510. The summed E-state index contributed by atoms with van der Waals surface area (Å²) in [6.45, 7) is 5.51. The molecule has 1 aromatic rings. The van der Waals surface area contributed by atoms with Crippen LogP contribution in [0.3, 0.4) is 0 Å². The fraction of sp³-hybridized carbons (Fsp3) is 0.667. The number of benzene rings is 1. The molecular formula is C18H30N2S. The van der Waals surface area contributed by atoms with Crippen LogP contribution in [0, 0.1) is 5.92 Å². The van der Waals surface area contributed by atoms with Crippen LogP contribution in [0.1, 0.15) is 31.7 Å². The van der Waals surface area contributed by atoms with Crippen LogP contribution in [0.4, 0.5) is 0 Å². The van der Waals surface area contributed by atoms with Gasteiger partial charge in [0, 0.05) is 12.6 Å². The number of nitrogens with zero attached hydrogens (tertiary/aromatic N) is 1. The lowest BCUT2D eigenvalue weighted by Crippen LogP contribution is -2.45. The summed E-state index contributed by atoms with van der Waals surface area (Å²) in [5.74, 6) is 3.32. The SMILES string of the molecule is CCSCCC(CN)N1CCC(Cc2ccccc2)CC1. The highest BCUT2D eigenvalue weighted by Crippen LogP contribution is 2.23. The monoisotopic (exact) mass is 306 g/mol. The van der Waals surface area contributed by atoms with E-state index in [1.54, 1.807) is 0 Å². The first kappa shape index (κ1) is 16.9. The second-order valence-corrected chi connectivity index (χ2v) is 7.44. The van der Waals surface area contributed by atoms with Gasteiger partial charge >= 0.3 is 0 Å². The van der Waals surface area contributed by atoms with Gasteiger partial charge in [-0.05, 0) is 61.8 Å². The van der Waals surface area contributed by atoms with Gasteiger partial charge in [0.15, 0.2) is 0 Å². The predicted molar refractivity (Wildman–Crippen MR) is 94.9 cm³/mol. The largest absolute Gasteiger partial charge is 0.329 e. The van der Waals surface area contributed by atoms with E-state index in [2.05, 4.69) is 42.2 Å². The van der Waals surface area contributed by atoms with Crippen LogP contribution in [0.5, 0.6) is 0 Å². The highest BCUT2D eigenvalue weighted by Gasteiger charge is 2.24. The van der Waals surface area contributed by atoms with Crippen LogP contribution < -0.4 is 5.73 Å². The second kappa shape index (κ2) is 9.50. The molecule has 118 valence electrons. The van der Waals surface area contributed by atoms with Crippen molar-refractivity contribution in [2.75, 3.05) is 31.1 Å². The summed E-state index contributed by atoms with van der Waals surface area (Å²) in [6.07, 6.45) is 5.14. The number of rotatable bonds is 8. The van der Waals surface area contributed by atoms with E-state index in [0.29, 0.717) is 6.04 Å². The van der Waals surface area contributed by atoms with Crippen LogP contribution >= 0.6 is 11.8 Å². The van der Waals surface area contributed by atoms with E-state index >= 15 is 0 Å². The van der Waals surface area contributed by atoms with E-state index in [1.165, 1.54) is 55.8 Å². The lowest BCUT2D eigenvalue weighted by molar-refractivity contribution is 0.133. The molecule has 0 bridgehead atoms. The minimum atomic E-state index is 0.599. The van der Waals surface area contributed by atoms with Gasteiger partial charge in [-0.25, -0.2) is 0 Å². The minimum Gasteiger partial charge on any atom is -0.329 e. The Labute approximate surface area is 134 Å². The van der Waals surface area contributed by atoms with E-state index in [-0.39, 0.29) is 0 Å². The van der Waals surface area contributed by atoms with Gasteiger partial charge < -0.3 is 5.73 Å². The van der Waals surface area contributed by atoms with E-state index in [4.69, 9.17) is 5.73 Å². The lowest BCUT2D eigenvalue weighted by Gasteiger charge is -2.37. The molecule has 0 radical (unpaired) electrons. The van der Waals surface area contributed by atoms with Crippen molar-refractivity contribution in [1.29, 1.82) is 0 Å². The molecule has 21 heavy (non-hydrogen) atoms. The maximum absolute atomic E-state index is 5.99. The summed E-state index contributed by atoms with van der Waals surface area (Å²) >= 11 is 2.04. The first-order valence-electron chi connectivity index (χ1n) is 8.39. The summed E-state index contributed by atoms with van der Waals surface area (Å²) in [4.78, 5) is 2.64. The zero-order chi connectivity index (χ0) is 14.9. The number of likely N-dealkylation sites (tertiary alicyclic amines) is 1. The summed E-state index contributed by atoms with van der Waals surface area (Å²) in [6, 6.07) is 11.5. The molecule has 0 aliphatic carbocycles. The van der Waals surface area contributed by atoms with Gasteiger partial charge in [-0.3, -0.25) is 4.90 Å². The predicted octanol–water partition coefficient (Wildman–Crippen LogP) is 3.41. The zero-order valence-electron chi connectivity index (χ0n) is 13.3. The molecule has 1 heterocycles. The van der Waals surface area contributed by atoms with Crippen LogP contribution in [0.15, 0.2) is 30.3 Å². The average molecular weight is 307 g/mol. The van der Waals surface area contributed by atoms with Crippen LogP contribution in [0.2, 0.25) is 0 Å². The number of hydrogen-bond acceptors (Lipinski definition) is 3. The Balaban J connectivity index is 1.74. The minimum absolute atomic E-state index is 0.599. The third-order valence-electron chi connectivity index (χ3n) is 4.60. The second-order valence-electron chi connectivity index (χ2n) is 6.04.